The highest BCUT2D eigenvalue weighted by molar-refractivity contribution is 7.22. The lowest BCUT2D eigenvalue weighted by molar-refractivity contribution is -0.120. The average molecular weight is 326 g/mol. The summed E-state index contributed by atoms with van der Waals surface area (Å²) in [5.74, 6) is 0.692. The van der Waals surface area contributed by atoms with Crippen molar-refractivity contribution in [3.63, 3.8) is 0 Å². The third kappa shape index (κ3) is 3.05. The number of fused-ring (bicyclic) bond motifs is 1. The summed E-state index contributed by atoms with van der Waals surface area (Å²) in [6.07, 6.45) is 0. The Morgan fingerprint density at radius 1 is 1.13 bits per heavy atom. The van der Waals surface area contributed by atoms with E-state index in [1.165, 1.54) is 11.3 Å². The van der Waals surface area contributed by atoms with Crippen molar-refractivity contribution in [1.82, 2.24) is 4.98 Å². The standard InChI is InChI=1S/C18H18N2O2S/c1-18(2,12-8-10-13(22-3)11-9-12)16(21)20-17-19-14-6-4-5-7-15(14)23-17/h4-11H,1-3H3,(H,19,20,21). The van der Waals surface area contributed by atoms with E-state index in [0.717, 1.165) is 21.5 Å². The minimum atomic E-state index is -0.663. The molecule has 3 aromatic rings. The SMILES string of the molecule is COc1ccc(C(C)(C)C(=O)Nc2nc3ccccc3s2)cc1. The van der Waals surface area contributed by atoms with Crippen molar-refractivity contribution in [2.75, 3.05) is 12.4 Å². The normalized spacial score (nSPS) is 11.4. The molecule has 0 bridgehead atoms. The van der Waals surface area contributed by atoms with Gasteiger partial charge in [0.1, 0.15) is 5.75 Å². The molecule has 0 radical (unpaired) electrons. The van der Waals surface area contributed by atoms with E-state index in [4.69, 9.17) is 4.74 Å². The first kappa shape index (κ1) is 15.5. The first-order valence-electron chi connectivity index (χ1n) is 7.32. The fourth-order valence-corrected chi connectivity index (χ4v) is 3.18. The third-order valence-corrected chi connectivity index (χ3v) is 4.85. The van der Waals surface area contributed by atoms with Gasteiger partial charge < -0.3 is 10.1 Å². The molecular formula is C18H18N2O2S. The second-order valence-electron chi connectivity index (χ2n) is 5.79. The van der Waals surface area contributed by atoms with E-state index in [9.17, 15) is 4.79 Å². The molecule has 1 heterocycles. The Morgan fingerprint density at radius 2 is 1.83 bits per heavy atom. The van der Waals surface area contributed by atoms with Crippen molar-refractivity contribution in [1.29, 1.82) is 0 Å². The lowest BCUT2D eigenvalue weighted by atomic mass is 9.84. The first-order chi connectivity index (χ1) is 11.0. The van der Waals surface area contributed by atoms with Crippen LogP contribution in [0, 0.1) is 0 Å². The van der Waals surface area contributed by atoms with Crippen LogP contribution in [0.25, 0.3) is 10.2 Å². The zero-order valence-corrected chi connectivity index (χ0v) is 14.1. The molecule has 1 amide bonds. The number of para-hydroxylation sites is 1. The van der Waals surface area contributed by atoms with Crippen molar-refractivity contribution in [3.8, 4) is 5.75 Å². The number of nitrogens with one attached hydrogen (secondary N) is 1. The third-order valence-electron chi connectivity index (χ3n) is 3.89. The van der Waals surface area contributed by atoms with Crippen LogP contribution in [-0.4, -0.2) is 18.0 Å². The molecule has 0 aliphatic heterocycles. The molecule has 1 aromatic heterocycles. The van der Waals surface area contributed by atoms with Gasteiger partial charge in [-0.25, -0.2) is 4.98 Å². The van der Waals surface area contributed by atoms with Gasteiger partial charge in [-0.2, -0.15) is 0 Å². The van der Waals surface area contributed by atoms with Gasteiger partial charge in [0.2, 0.25) is 5.91 Å². The van der Waals surface area contributed by atoms with E-state index in [2.05, 4.69) is 10.3 Å². The number of methoxy groups -OCH3 is 1. The second-order valence-corrected chi connectivity index (χ2v) is 6.83. The number of carbonyl (C=O) groups is 1. The van der Waals surface area contributed by atoms with Crippen LogP contribution in [0.2, 0.25) is 0 Å². The highest BCUT2D eigenvalue weighted by atomic mass is 32.1. The van der Waals surface area contributed by atoms with Crippen molar-refractivity contribution < 1.29 is 9.53 Å². The Hall–Kier alpha value is -2.40. The number of aromatic nitrogens is 1. The van der Waals surface area contributed by atoms with Crippen molar-refractivity contribution in [2.45, 2.75) is 19.3 Å². The number of nitrogens with zero attached hydrogens (tertiary/aromatic N) is 1. The van der Waals surface area contributed by atoms with Crippen LogP contribution in [-0.2, 0) is 10.2 Å². The van der Waals surface area contributed by atoms with Gasteiger partial charge in [-0.1, -0.05) is 35.6 Å². The Balaban J connectivity index is 1.82. The maximum absolute atomic E-state index is 12.7. The van der Waals surface area contributed by atoms with Crippen LogP contribution >= 0.6 is 11.3 Å². The molecule has 0 fully saturated rings. The fourth-order valence-electron chi connectivity index (χ4n) is 2.32. The number of anilines is 1. The van der Waals surface area contributed by atoms with Crippen molar-refractivity contribution in [3.05, 3.63) is 54.1 Å². The van der Waals surface area contributed by atoms with Gasteiger partial charge in [-0.3, -0.25) is 4.79 Å². The molecule has 118 valence electrons. The summed E-state index contributed by atoms with van der Waals surface area (Å²) < 4.78 is 6.22. The molecule has 0 atom stereocenters. The van der Waals surface area contributed by atoms with Crippen LogP contribution < -0.4 is 10.1 Å². The quantitative estimate of drug-likeness (QED) is 0.781. The average Bonchev–Trinajstić information content (AvgIpc) is 2.97. The van der Waals surface area contributed by atoms with Crippen LogP contribution in [0.4, 0.5) is 5.13 Å². The minimum Gasteiger partial charge on any atom is -0.497 e. The summed E-state index contributed by atoms with van der Waals surface area (Å²) in [7, 11) is 1.62. The van der Waals surface area contributed by atoms with Gasteiger partial charge >= 0.3 is 0 Å². The molecule has 3 rings (SSSR count). The number of hydrogen-bond acceptors (Lipinski definition) is 4. The number of rotatable bonds is 4. The molecule has 1 N–H and O–H groups in total. The van der Waals surface area contributed by atoms with Gasteiger partial charge in [0.25, 0.3) is 0 Å². The van der Waals surface area contributed by atoms with E-state index < -0.39 is 5.41 Å². The summed E-state index contributed by atoms with van der Waals surface area (Å²) in [6.45, 7) is 3.80. The highest BCUT2D eigenvalue weighted by Crippen LogP contribution is 2.30. The molecule has 0 unspecified atom stereocenters. The lowest BCUT2D eigenvalue weighted by Crippen LogP contribution is -2.34. The topological polar surface area (TPSA) is 51.2 Å². The van der Waals surface area contributed by atoms with E-state index in [-0.39, 0.29) is 5.91 Å². The fraction of sp³-hybridized carbons (Fsp3) is 0.222. The largest absolute Gasteiger partial charge is 0.497 e. The molecule has 2 aromatic carbocycles. The minimum absolute atomic E-state index is 0.0817. The van der Waals surface area contributed by atoms with Gasteiger partial charge in [0.05, 0.1) is 22.7 Å². The Labute approximate surface area is 139 Å². The Kier molecular flexibility index (Phi) is 4.05. The summed E-state index contributed by atoms with van der Waals surface area (Å²) in [5, 5.41) is 3.56. The predicted octanol–water partition coefficient (Wildman–Crippen LogP) is 4.22. The zero-order chi connectivity index (χ0) is 16.4. The van der Waals surface area contributed by atoms with E-state index in [1.807, 2.05) is 62.4 Å². The summed E-state index contributed by atoms with van der Waals surface area (Å²) >= 11 is 1.48. The molecule has 5 heteroatoms. The first-order valence-corrected chi connectivity index (χ1v) is 8.14. The summed E-state index contributed by atoms with van der Waals surface area (Å²) in [6, 6.07) is 15.4. The molecule has 4 nitrogen and oxygen atoms in total. The number of thiazole rings is 1. The predicted molar refractivity (Wildman–Crippen MR) is 94.3 cm³/mol. The molecule has 0 aliphatic rings. The van der Waals surface area contributed by atoms with Crippen LogP contribution in [0.5, 0.6) is 5.75 Å². The molecule has 0 spiro atoms. The van der Waals surface area contributed by atoms with Crippen LogP contribution in [0.15, 0.2) is 48.5 Å². The van der Waals surface area contributed by atoms with Gasteiger partial charge in [0.15, 0.2) is 5.13 Å². The maximum Gasteiger partial charge on any atom is 0.236 e. The number of amides is 1. The monoisotopic (exact) mass is 326 g/mol. The van der Waals surface area contributed by atoms with Crippen LogP contribution in [0.1, 0.15) is 19.4 Å². The van der Waals surface area contributed by atoms with E-state index >= 15 is 0 Å². The molecule has 0 aliphatic carbocycles. The van der Waals surface area contributed by atoms with E-state index in [1.54, 1.807) is 7.11 Å². The highest BCUT2D eigenvalue weighted by Gasteiger charge is 2.30. The summed E-state index contributed by atoms with van der Waals surface area (Å²) in [4.78, 5) is 17.1. The van der Waals surface area contributed by atoms with Gasteiger partial charge in [-0.05, 0) is 43.7 Å². The number of hydrogen-bond donors (Lipinski definition) is 1. The Bertz CT molecular complexity index is 805. The van der Waals surface area contributed by atoms with Crippen LogP contribution in [0.3, 0.4) is 0 Å². The van der Waals surface area contributed by atoms with E-state index in [0.29, 0.717) is 5.13 Å². The smallest absolute Gasteiger partial charge is 0.236 e. The number of carbonyl (C=O) groups excluding carboxylic acids is 1. The zero-order valence-electron chi connectivity index (χ0n) is 13.3. The maximum atomic E-state index is 12.7. The number of ether oxygens (including phenoxy) is 1. The molecule has 0 saturated heterocycles. The van der Waals surface area contributed by atoms with Crippen molar-refractivity contribution >= 4 is 32.6 Å². The number of benzene rings is 2. The van der Waals surface area contributed by atoms with Gasteiger partial charge in [-0.15, -0.1) is 0 Å². The molecule has 23 heavy (non-hydrogen) atoms. The lowest BCUT2D eigenvalue weighted by Gasteiger charge is -2.23. The second kappa shape index (κ2) is 6.01. The van der Waals surface area contributed by atoms with Gasteiger partial charge in [0, 0.05) is 0 Å². The van der Waals surface area contributed by atoms with Crippen molar-refractivity contribution in [2.24, 2.45) is 0 Å². The summed E-state index contributed by atoms with van der Waals surface area (Å²) in [5.41, 5.74) is 1.16. The molecular weight excluding hydrogens is 308 g/mol. The molecule has 0 saturated carbocycles. The Morgan fingerprint density at radius 3 is 2.48 bits per heavy atom.